The van der Waals surface area contributed by atoms with Gasteiger partial charge in [0.25, 0.3) is 0 Å². The third kappa shape index (κ3) is 5.07. The van der Waals surface area contributed by atoms with Crippen LogP contribution in [0.2, 0.25) is 0 Å². The Balaban J connectivity index is 1.57. The minimum absolute atomic E-state index is 0.235. The first kappa shape index (κ1) is 17.5. The predicted molar refractivity (Wildman–Crippen MR) is 101 cm³/mol. The molecule has 4 heteroatoms. The van der Waals surface area contributed by atoms with E-state index in [1.165, 1.54) is 18.4 Å². The van der Waals surface area contributed by atoms with E-state index >= 15 is 0 Å². The van der Waals surface area contributed by atoms with Gasteiger partial charge in [0.1, 0.15) is 5.75 Å². The fourth-order valence-corrected chi connectivity index (χ4v) is 3.19. The largest absolute Gasteiger partial charge is 0.426 e. The molecule has 1 saturated heterocycles. The summed E-state index contributed by atoms with van der Waals surface area (Å²) in [6.45, 7) is 4.36. The van der Waals surface area contributed by atoms with Gasteiger partial charge in [0, 0.05) is 11.7 Å². The molecule has 0 aliphatic carbocycles. The maximum atomic E-state index is 12.1. The zero-order chi connectivity index (χ0) is 17.6. The molecule has 0 aromatic heterocycles. The van der Waals surface area contributed by atoms with Gasteiger partial charge < -0.3 is 15.0 Å². The van der Waals surface area contributed by atoms with E-state index in [4.69, 9.17) is 4.74 Å². The van der Waals surface area contributed by atoms with Crippen LogP contribution in [0.4, 0.5) is 5.69 Å². The van der Waals surface area contributed by atoms with Crippen molar-refractivity contribution in [2.45, 2.75) is 32.2 Å². The first-order valence-electron chi connectivity index (χ1n) is 8.90. The summed E-state index contributed by atoms with van der Waals surface area (Å²) >= 11 is 0. The zero-order valence-electron chi connectivity index (χ0n) is 15.0. The third-order valence-electron chi connectivity index (χ3n) is 4.69. The van der Waals surface area contributed by atoms with E-state index in [2.05, 4.69) is 36.3 Å². The van der Waals surface area contributed by atoms with Gasteiger partial charge in [-0.1, -0.05) is 30.3 Å². The van der Waals surface area contributed by atoms with Crippen LogP contribution in [0.1, 0.15) is 24.0 Å². The van der Waals surface area contributed by atoms with Crippen LogP contribution in [0.15, 0.2) is 48.5 Å². The first-order chi connectivity index (χ1) is 12.1. The summed E-state index contributed by atoms with van der Waals surface area (Å²) < 4.78 is 5.36. The molecule has 132 valence electrons. The monoisotopic (exact) mass is 338 g/mol. The quantitative estimate of drug-likeness (QED) is 0.667. The number of rotatable bonds is 5. The van der Waals surface area contributed by atoms with Crippen LogP contribution in [0, 0.1) is 6.92 Å². The molecule has 25 heavy (non-hydrogen) atoms. The number of piperidine rings is 1. The van der Waals surface area contributed by atoms with Gasteiger partial charge in [-0.05, 0) is 69.2 Å². The van der Waals surface area contributed by atoms with Crippen molar-refractivity contribution in [2.24, 2.45) is 0 Å². The normalized spacial score (nSPS) is 15.8. The second-order valence-electron chi connectivity index (χ2n) is 6.84. The molecule has 0 saturated carbocycles. The number of benzene rings is 2. The van der Waals surface area contributed by atoms with Gasteiger partial charge in [0.05, 0.1) is 6.42 Å². The van der Waals surface area contributed by atoms with Crippen LogP contribution in [-0.4, -0.2) is 37.0 Å². The van der Waals surface area contributed by atoms with Gasteiger partial charge in [0.15, 0.2) is 0 Å². The van der Waals surface area contributed by atoms with Crippen molar-refractivity contribution < 1.29 is 9.53 Å². The summed E-state index contributed by atoms with van der Waals surface area (Å²) in [6, 6.07) is 15.9. The van der Waals surface area contributed by atoms with E-state index < -0.39 is 0 Å². The first-order valence-corrected chi connectivity index (χ1v) is 8.90. The summed E-state index contributed by atoms with van der Waals surface area (Å²) in [5, 5.41) is 3.65. The van der Waals surface area contributed by atoms with Crippen molar-refractivity contribution in [3.63, 3.8) is 0 Å². The molecule has 0 spiro atoms. The van der Waals surface area contributed by atoms with Crippen LogP contribution in [-0.2, 0) is 11.2 Å². The van der Waals surface area contributed by atoms with Gasteiger partial charge in [-0.2, -0.15) is 0 Å². The topological polar surface area (TPSA) is 41.6 Å². The number of hydrogen-bond acceptors (Lipinski definition) is 4. The molecule has 2 aromatic carbocycles. The molecular weight excluding hydrogens is 312 g/mol. The van der Waals surface area contributed by atoms with Gasteiger partial charge >= 0.3 is 5.97 Å². The van der Waals surface area contributed by atoms with E-state index in [1.54, 1.807) is 12.1 Å². The minimum Gasteiger partial charge on any atom is -0.426 e. The maximum absolute atomic E-state index is 12.1. The van der Waals surface area contributed by atoms with Crippen LogP contribution >= 0.6 is 0 Å². The molecule has 1 aliphatic heterocycles. The van der Waals surface area contributed by atoms with Gasteiger partial charge in [0.2, 0.25) is 0 Å². The van der Waals surface area contributed by atoms with Crippen LogP contribution in [0.3, 0.4) is 0 Å². The van der Waals surface area contributed by atoms with E-state index in [9.17, 15) is 4.79 Å². The van der Waals surface area contributed by atoms with Crippen molar-refractivity contribution in [2.75, 3.05) is 25.5 Å². The van der Waals surface area contributed by atoms with Crippen LogP contribution in [0.25, 0.3) is 0 Å². The number of para-hydroxylation sites is 1. The summed E-state index contributed by atoms with van der Waals surface area (Å²) in [5.74, 6) is 0.353. The molecule has 0 atom stereocenters. The van der Waals surface area contributed by atoms with E-state index in [1.807, 2.05) is 24.3 Å². The number of hydrogen-bond donors (Lipinski definition) is 1. The molecule has 0 unspecified atom stereocenters. The number of anilines is 1. The summed E-state index contributed by atoms with van der Waals surface area (Å²) in [4.78, 5) is 14.5. The van der Waals surface area contributed by atoms with Crippen molar-refractivity contribution in [3.05, 3.63) is 59.7 Å². The number of nitrogens with one attached hydrogen (secondary N) is 1. The lowest BCUT2D eigenvalue weighted by atomic mass is 10.0. The number of carbonyl (C=O) groups excluding carboxylic acids is 1. The van der Waals surface area contributed by atoms with Crippen LogP contribution in [0.5, 0.6) is 5.75 Å². The number of ether oxygens (including phenoxy) is 1. The summed E-state index contributed by atoms with van der Waals surface area (Å²) in [6.07, 6.45) is 2.62. The predicted octanol–water partition coefficient (Wildman–Crippen LogP) is 3.65. The molecular formula is C21H26N2O2. The molecule has 3 rings (SSSR count). The molecule has 1 N–H and O–H groups in total. The van der Waals surface area contributed by atoms with Crippen molar-refractivity contribution in [1.82, 2.24) is 4.90 Å². The molecule has 0 amide bonds. The number of esters is 1. The smallest absolute Gasteiger partial charge is 0.315 e. The second-order valence-corrected chi connectivity index (χ2v) is 6.84. The molecule has 1 fully saturated rings. The Morgan fingerprint density at radius 1 is 1.16 bits per heavy atom. The highest BCUT2D eigenvalue weighted by molar-refractivity contribution is 5.75. The van der Waals surface area contributed by atoms with Crippen LogP contribution < -0.4 is 10.1 Å². The van der Waals surface area contributed by atoms with Gasteiger partial charge in [-0.3, -0.25) is 4.79 Å². The van der Waals surface area contributed by atoms with Gasteiger partial charge in [-0.25, -0.2) is 0 Å². The molecule has 0 bridgehead atoms. The Morgan fingerprint density at radius 2 is 1.88 bits per heavy atom. The lowest BCUT2D eigenvalue weighted by molar-refractivity contribution is -0.133. The van der Waals surface area contributed by atoms with Gasteiger partial charge in [-0.15, -0.1) is 0 Å². The fraction of sp³-hybridized carbons (Fsp3) is 0.381. The van der Waals surface area contributed by atoms with E-state index in [0.717, 1.165) is 24.3 Å². The fourth-order valence-electron chi connectivity index (χ4n) is 3.19. The Hall–Kier alpha value is -2.33. The Kier molecular flexibility index (Phi) is 5.71. The lowest BCUT2D eigenvalue weighted by Gasteiger charge is -2.30. The summed E-state index contributed by atoms with van der Waals surface area (Å²) in [5.41, 5.74) is 3.31. The SMILES string of the molecule is Cc1cc(CC(=O)Oc2ccccc2)ccc1NC1CCN(C)CC1. The average Bonchev–Trinajstić information content (AvgIpc) is 2.60. The highest BCUT2D eigenvalue weighted by Crippen LogP contribution is 2.21. The maximum Gasteiger partial charge on any atom is 0.315 e. The van der Waals surface area contributed by atoms with Crippen molar-refractivity contribution in [1.29, 1.82) is 0 Å². The number of likely N-dealkylation sites (tertiary alicyclic amines) is 1. The lowest BCUT2D eigenvalue weighted by Crippen LogP contribution is -2.36. The molecule has 1 heterocycles. The molecule has 1 aliphatic rings. The Labute approximate surface area is 149 Å². The van der Waals surface area contributed by atoms with Crippen molar-refractivity contribution >= 4 is 11.7 Å². The number of aryl methyl sites for hydroxylation is 1. The van der Waals surface area contributed by atoms with E-state index in [0.29, 0.717) is 11.8 Å². The van der Waals surface area contributed by atoms with Crippen molar-refractivity contribution in [3.8, 4) is 5.75 Å². The number of nitrogens with zero attached hydrogens (tertiary/aromatic N) is 1. The zero-order valence-corrected chi connectivity index (χ0v) is 15.0. The molecule has 4 nitrogen and oxygen atoms in total. The Morgan fingerprint density at radius 3 is 2.56 bits per heavy atom. The average molecular weight is 338 g/mol. The highest BCUT2D eigenvalue weighted by Gasteiger charge is 2.17. The molecule has 2 aromatic rings. The minimum atomic E-state index is -0.235. The number of carbonyl (C=O) groups is 1. The van der Waals surface area contributed by atoms with E-state index in [-0.39, 0.29) is 12.4 Å². The standard InChI is InChI=1S/C21H26N2O2/c1-16-14-17(15-21(24)25-19-6-4-3-5-7-19)8-9-20(16)22-18-10-12-23(2)13-11-18/h3-9,14,18,22H,10-13,15H2,1-2H3. The molecule has 0 radical (unpaired) electrons. The summed E-state index contributed by atoms with van der Waals surface area (Å²) in [7, 11) is 2.17. The third-order valence-corrected chi connectivity index (χ3v) is 4.69. The highest BCUT2D eigenvalue weighted by atomic mass is 16.5. The Bertz CT molecular complexity index is 707. The second kappa shape index (κ2) is 8.17.